The third kappa shape index (κ3) is 3.40. The SMILES string of the molecule is OC[C@H]1O[C@@H](n2cnc3c(NCc4cc(F)cc(F)c4F)ncnc32)[C@H](O)[C@@H]1O. The summed E-state index contributed by atoms with van der Waals surface area (Å²) in [7, 11) is 0. The normalized spacial score (nSPS) is 24.3. The summed E-state index contributed by atoms with van der Waals surface area (Å²) in [6, 6.07) is 1.31. The average Bonchev–Trinajstić information content (AvgIpc) is 3.25. The Morgan fingerprint density at radius 1 is 1.10 bits per heavy atom. The maximum atomic E-state index is 13.8. The molecule has 4 rings (SSSR count). The number of ether oxygens (including phenoxy) is 1. The summed E-state index contributed by atoms with van der Waals surface area (Å²) in [6.45, 7) is -0.758. The van der Waals surface area contributed by atoms with Crippen LogP contribution >= 0.6 is 0 Å². The second-order valence-corrected chi connectivity index (χ2v) is 6.49. The van der Waals surface area contributed by atoms with Gasteiger partial charge in [-0.2, -0.15) is 0 Å². The Kier molecular flexibility index (Phi) is 5.08. The van der Waals surface area contributed by atoms with Crippen LogP contribution < -0.4 is 5.32 Å². The summed E-state index contributed by atoms with van der Waals surface area (Å²) < 4.78 is 47.4. The van der Waals surface area contributed by atoms with Crippen LogP contribution in [-0.2, 0) is 11.3 Å². The van der Waals surface area contributed by atoms with Crippen LogP contribution in [0.1, 0.15) is 11.8 Å². The molecule has 4 atom stereocenters. The van der Waals surface area contributed by atoms with E-state index in [0.29, 0.717) is 6.07 Å². The van der Waals surface area contributed by atoms with Gasteiger partial charge in [-0.05, 0) is 6.07 Å². The van der Waals surface area contributed by atoms with Gasteiger partial charge in [-0.1, -0.05) is 0 Å². The molecular formula is C17H16F3N5O4. The summed E-state index contributed by atoms with van der Waals surface area (Å²) in [5.74, 6) is -3.24. The van der Waals surface area contributed by atoms with E-state index in [1.165, 1.54) is 17.2 Å². The number of aliphatic hydroxyl groups is 3. The van der Waals surface area contributed by atoms with Gasteiger partial charge in [-0.3, -0.25) is 4.57 Å². The highest BCUT2D eigenvalue weighted by atomic mass is 19.2. The lowest BCUT2D eigenvalue weighted by molar-refractivity contribution is -0.0511. The molecule has 0 bridgehead atoms. The number of anilines is 1. The van der Waals surface area contributed by atoms with Crippen molar-refractivity contribution in [2.45, 2.75) is 31.1 Å². The molecule has 1 aliphatic rings. The Morgan fingerprint density at radius 2 is 1.90 bits per heavy atom. The molecule has 1 aliphatic heterocycles. The van der Waals surface area contributed by atoms with Gasteiger partial charge in [0.15, 0.2) is 34.8 Å². The van der Waals surface area contributed by atoms with Crippen molar-refractivity contribution in [1.82, 2.24) is 19.5 Å². The van der Waals surface area contributed by atoms with Gasteiger partial charge in [0.05, 0.1) is 12.9 Å². The quantitative estimate of drug-likeness (QED) is 0.447. The molecule has 154 valence electrons. The molecule has 3 aromatic rings. The van der Waals surface area contributed by atoms with E-state index in [4.69, 9.17) is 4.74 Å². The topological polar surface area (TPSA) is 126 Å². The zero-order chi connectivity index (χ0) is 20.7. The van der Waals surface area contributed by atoms with Crippen LogP contribution in [0, 0.1) is 17.5 Å². The average molecular weight is 411 g/mol. The van der Waals surface area contributed by atoms with Gasteiger partial charge >= 0.3 is 0 Å². The predicted octanol–water partition coefficient (Wildman–Crippen LogP) is 0.467. The number of nitrogens with one attached hydrogen (secondary N) is 1. The molecule has 9 nitrogen and oxygen atoms in total. The van der Waals surface area contributed by atoms with Crippen LogP contribution in [0.25, 0.3) is 11.2 Å². The van der Waals surface area contributed by atoms with Gasteiger partial charge in [0.2, 0.25) is 0 Å². The van der Waals surface area contributed by atoms with Gasteiger partial charge in [0.1, 0.15) is 30.5 Å². The Hall–Kier alpha value is -2.80. The molecule has 1 fully saturated rings. The first kappa shape index (κ1) is 19.5. The van der Waals surface area contributed by atoms with Crippen molar-refractivity contribution in [3.05, 3.63) is 47.8 Å². The minimum absolute atomic E-state index is 0.157. The van der Waals surface area contributed by atoms with E-state index >= 15 is 0 Å². The summed E-state index contributed by atoms with van der Waals surface area (Å²) in [4.78, 5) is 12.2. The third-order valence-electron chi connectivity index (χ3n) is 4.66. The van der Waals surface area contributed by atoms with Crippen molar-refractivity contribution < 1.29 is 33.2 Å². The highest BCUT2D eigenvalue weighted by molar-refractivity contribution is 5.82. The van der Waals surface area contributed by atoms with E-state index in [9.17, 15) is 28.5 Å². The standard InChI is InChI=1S/C17H16F3N5O4/c18-8-1-7(11(20)9(19)2-8)3-21-15-12-16(23-5-22-15)25(6-24-12)17-14(28)13(27)10(4-26)29-17/h1-2,5-6,10,13-14,17,26-28H,3-4H2,(H,21,22,23)/t10-,13-,14-,17-/m1/s1. The lowest BCUT2D eigenvalue weighted by Crippen LogP contribution is -2.33. The first-order valence-electron chi connectivity index (χ1n) is 8.58. The van der Waals surface area contributed by atoms with E-state index in [0.717, 1.165) is 6.07 Å². The number of fused-ring (bicyclic) bond motifs is 1. The second-order valence-electron chi connectivity index (χ2n) is 6.49. The van der Waals surface area contributed by atoms with E-state index in [2.05, 4.69) is 20.3 Å². The van der Waals surface area contributed by atoms with Crippen molar-refractivity contribution in [1.29, 1.82) is 0 Å². The Balaban J connectivity index is 1.62. The first-order chi connectivity index (χ1) is 13.9. The monoisotopic (exact) mass is 411 g/mol. The van der Waals surface area contributed by atoms with Gasteiger partial charge in [0.25, 0.3) is 0 Å². The summed E-state index contributed by atoms with van der Waals surface area (Å²) in [5, 5.41) is 32.1. The molecular weight excluding hydrogens is 395 g/mol. The van der Waals surface area contributed by atoms with E-state index in [1.54, 1.807) is 0 Å². The fraction of sp³-hybridized carbons (Fsp3) is 0.353. The Labute approximate surface area is 161 Å². The van der Waals surface area contributed by atoms with Crippen molar-refractivity contribution in [3.8, 4) is 0 Å². The molecule has 0 spiro atoms. The van der Waals surface area contributed by atoms with Crippen LogP contribution in [0.4, 0.5) is 19.0 Å². The number of hydrogen-bond donors (Lipinski definition) is 4. The summed E-state index contributed by atoms with van der Waals surface area (Å²) in [5.41, 5.74) is 0.211. The third-order valence-corrected chi connectivity index (χ3v) is 4.66. The molecule has 0 amide bonds. The highest BCUT2D eigenvalue weighted by Crippen LogP contribution is 2.32. The number of benzene rings is 1. The molecule has 29 heavy (non-hydrogen) atoms. The van der Waals surface area contributed by atoms with Crippen molar-refractivity contribution in [2.75, 3.05) is 11.9 Å². The number of imidazole rings is 1. The number of nitrogens with zero attached hydrogens (tertiary/aromatic N) is 4. The van der Waals surface area contributed by atoms with E-state index < -0.39 is 48.6 Å². The molecule has 4 N–H and O–H groups in total. The van der Waals surface area contributed by atoms with Crippen LogP contribution in [0.15, 0.2) is 24.8 Å². The molecule has 1 aromatic carbocycles. The van der Waals surface area contributed by atoms with Crippen LogP contribution in [-0.4, -0.2) is 59.8 Å². The smallest absolute Gasteiger partial charge is 0.167 e. The molecule has 0 saturated carbocycles. The number of hydrogen-bond acceptors (Lipinski definition) is 8. The fourth-order valence-electron chi connectivity index (χ4n) is 3.19. The van der Waals surface area contributed by atoms with E-state index in [1.807, 2.05) is 0 Å². The van der Waals surface area contributed by atoms with Gasteiger partial charge in [0, 0.05) is 18.2 Å². The number of aromatic nitrogens is 4. The predicted molar refractivity (Wildman–Crippen MR) is 92.0 cm³/mol. The molecule has 0 aliphatic carbocycles. The zero-order valence-corrected chi connectivity index (χ0v) is 14.7. The summed E-state index contributed by atoms with van der Waals surface area (Å²) >= 11 is 0. The Morgan fingerprint density at radius 3 is 2.62 bits per heavy atom. The van der Waals surface area contributed by atoms with Crippen molar-refractivity contribution in [2.24, 2.45) is 0 Å². The number of halogens is 3. The van der Waals surface area contributed by atoms with Gasteiger partial charge < -0.3 is 25.4 Å². The maximum Gasteiger partial charge on any atom is 0.167 e. The number of rotatable bonds is 5. The van der Waals surface area contributed by atoms with Crippen LogP contribution in [0.2, 0.25) is 0 Å². The Bertz CT molecular complexity index is 1050. The fourth-order valence-corrected chi connectivity index (χ4v) is 3.19. The zero-order valence-electron chi connectivity index (χ0n) is 14.7. The molecule has 3 heterocycles. The summed E-state index contributed by atoms with van der Waals surface area (Å²) in [6.07, 6.45) is -2.18. The first-order valence-corrected chi connectivity index (χ1v) is 8.58. The van der Waals surface area contributed by atoms with E-state index in [-0.39, 0.29) is 29.1 Å². The molecule has 1 saturated heterocycles. The maximum absolute atomic E-state index is 13.8. The molecule has 12 heteroatoms. The van der Waals surface area contributed by atoms with Crippen molar-refractivity contribution in [3.63, 3.8) is 0 Å². The largest absolute Gasteiger partial charge is 0.394 e. The second kappa shape index (κ2) is 7.55. The van der Waals surface area contributed by atoms with Crippen LogP contribution in [0.3, 0.4) is 0 Å². The van der Waals surface area contributed by atoms with Crippen LogP contribution in [0.5, 0.6) is 0 Å². The highest BCUT2D eigenvalue weighted by Gasteiger charge is 2.44. The lowest BCUT2D eigenvalue weighted by atomic mass is 10.1. The number of aliphatic hydroxyl groups excluding tert-OH is 3. The van der Waals surface area contributed by atoms with Gasteiger partial charge in [-0.25, -0.2) is 28.1 Å². The minimum Gasteiger partial charge on any atom is -0.394 e. The molecule has 2 aromatic heterocycles. The lowest BCUT2D eigenvalue weighted by Gasteiger charge is -2.16. The van der Waals surface area contributed by atoms with Crippen molar-refractivity contribution >= 4 is 17.0 Å². The minimum atomic E-state index is -1.33. The van der Waals surface area contributed by atoms with Gasteiger partial charge in [-0.15, -0.1) is 0 Å². The molecule has 0 unspecified atom stereocenters. The molecule has 0 radical (unpaired) electrons.